The highest BCUT2D eigenvalue weighted by molar-refractivity contribution is 7.94. The van der Waals surface area contributed by atoms with Gasteiger partial charge in [-0.05, 0) is 49.5 Å². The molecule has 0 saturated carbocycles. The summed E-state index contributed by atoms with van der Waals surface area (Å²) in [7, 11) is -1.67. The molecule has 0 bridgehead atoms. The maximum atomic E-state index is 12.7. The van der Waals surface area contributed by atoms with E-state index in [-0.39, 0.29) is 28.4 Å². The molecule has 2 amide bonds. The largest absolute Gasteiger partial charge is 0.369 e. The lowest BCUT2D eigenvalue weighted by Crippen LogP contribution is -2.44. The molecule has 0 atom stereocenters. The van der Waals surface area contributed by atoms with Gasteiger partial charge < -0.3 is 15.1 Å². The van der Waals surface area contributed by atoms with Crippen molar-refractivity contribution in [3.05, 3.63) is 53.1 Å². The van der Waals surface area contributed by atoms with Crippen LogP contribution in [0.4, 0.5) is 17.1 Å². The molecule has 1 N–H and O–H groups in total. The van der Waals surface area contributed by atoms with Crippen molar-refractivity contribution in [3.63, 3.8) is 0 Å². The van der Waals surface area contributed by atoms with Crippen molar-refractivity contribution >= 4 is 50.5 Å². The summed E-state index contributed by atoms with van der Waals surface area (Å²) in [6.45, 7) is 3.92. The standard InChI is InChI=1S/C21H23ClN4O4S/c1-24-9-11-25(12-10-24)17-5-3-16(4-6-17)23-21(28)15-2-7-18(22)19(14-15)26-20(27)8-13-31(26,29)30/h2-7,14H,8-13H2,1H3,(H,23,28). The Hall–Kier alpha value is -2.62. The number of carbonyl (C=O) groups excluding carboxylic acids is 2. The van der Waals surface area contributed by atoms with Gasteiger partial charge >= 0.3 is 0 Å². The highest BCUT2D eigenvalue weighted by Crippen LogP contribution is 2.33. The van der Waals surface area contributed by atoms with Crippen LogP contribution in [0, 0.1) is 0 Å². The second-order valence-corrected chi connectivity index (χ2v) is 10.0. The average Bonchev–Trinajstić information content (AvgIpc) is 3.02. The molecule has 2 aromatic rings. The molecule has 2 aromatic carbocycles. The quantitative estimate of drug-likeness (QED) is 0.750. The number of amides is 2. The number of carbonyl (C=O) groups is 2. The molecular formula is C21H23ClN4O4S. The third-order valence-corrected chi connectivity index (χ3v) is 7.50. The number of hydrogen-bond donors (Lipinski definition) is 1. The van der Waals surface area contributed by atoms with Gasteiger partial charge in [0.25, 0.3) is 5.91 Å². The predicted octanol–water partition coefficient (Wildman–Crippen LogP) is 2.41. The van der Waals surface area contributed by atoms with Crippen molar-refractivity contribution in [2.75, 3.05) is 53.5 Å². The van der Waals surface area contributed by atoms with Gasteiger partial charge in [-0.3, -0.25) is 9.59 Å². The third-order valence-electron chi connectivity index (χ3n) is 5.50. The molecule has 0 unspecified atom stereocenters. The van der Waals surface area contributed by atoms with Gasteiger partial charge in [-0.15, -0.1) is 0 Å². The maximum Gasteiger partial charge on any atom is 0.255 e. The normalized spacial score (nSPS) is 19.0. The van der Waals surface area contributed by atoms with Gasteiger partial charge in [0.15, 0.2) is 0 Å². The summed E-state index contributed by atoms with van der Waals surface area (Å²) in [6.07, 6.45) is -0.102. The lowest BCUT2D eigenvalue weighted by atomic mass is 10.1. The van der Waals surface area contributed by atoms with E-state index in [1.54, 1.807) is 0 Å². The van der Waals surface area contributed by atoms with Crippen molar-refractivity contribution in [3.8, 4) is 0 Å². The minimum atomic E-state index is -3.77. The first-order valence-corrected chi connectivity index (χ1v) is 11.9. The minimum Gasteiger partial charge on any atom is -0.369 e. The number of nitrogens with zero attached hydrogens (tertiary/aromatic N) is 3. The molecular weight excluding hydrogens is 440 g/mol. The first kappa shape index (κ1) is 21.6. The third kappa shape index (κ3) is 4.53. The van der Waals surface area contributed by atoms with E-state index in [0.29, 0.717) is 9.99 Å². The molecule has 31 heavy (non-hydrogen) atoms. The molecule has 2 saturated heterocycles. The summed E-state index contributed by atoms with van der Waals surface area (Å²) in [4.78, 5) is 29.4. The minimum absolute atomic E-state index is 0.00207. The monoisotopic (exact) mass is 462 g/mol. The van der Waals surface area contributed by atoms with Crippen LogP contribution in [-0.4, -0.2) is 64.1 Å². The van der Waals surface area contributed by atoms with E-state index in [0.717, 1.165) is 31.9 Å². The van der Waals surface area contributed by atoms with Crippen molar-refractivity contribution in [2.45, 2.75) is 6.42 Å². The van der Waals surface area contributed by atoms with Crippen molar-refractivity contribution in [1.82, 2.24) is 4.90 Å². The summed E-state index contributed by atoms with van der Waals surface area (Å²) >= 11 is 6.14. The fourth-order valence-electron chi connectivity index (χ4n) is 3.68. The number of likely N-dealkylation sites (N-methyl/N-ethyl adjacent to an activating group) is 1. The Morgan fingerprint density at radius 1 is 1.03 bits per heavy atom. The molecule has 0 spiro atoms. The Morgan fingerprint density at radius 2 is 1.71 bits per heavy atom. The number of piperazine rings is 1. The number of sulfonamides is 1. The molecule has 164 valence electrons. The number of rotatable bonds is 4. The Morgan fingerprint density at radius 3 is 2.32 bits per heavy atom. The van der Waals surface area contributed by atoms with Crippen LogP contribution < -0.4 is 14.5 Å². The van der Waals surface area contributed by atoms with Crippen LogP contribution in [0.5, 0.6) is 0 Å². The van der Waals surface area contributed by atoms with E-state index < -0.39 is 21.8 Å². The SMILES string of the molecule is CN1CCN(c2ccc(NC(=O)c3ccc(Cl)c(N4C(=O)CCS4(=O)=O)c3)cc2)CC1. The lowest BCUT2D eigenvalue weighted by Gasteiger charge is -2.34. The van der Waals surface area contributed by atoms with Gasteiger partial charge in [0, 0.05) is 49.5 Å². The summed E-state index contributed by atoms with van der Waals surface area (Å²) in [5, 5.41) is 2.89. The van der Waals surface area contributed by atoms with Gasteiger partial charge in [-0.25, -0.2) is 12.7 Å². The van der Waals surface area contributed by atoms with Gasteiger partial charge in [0.2, 0.25) is 15.9 Å². The van der Waals surface area contributed by atoms with E-state index in [4.69, 9.17) is 11.6 Å². The van der Waals surface area contributed by atoms with E-state index in [1.165, 1.54) is 18.2 Å². The summed E-state index contributed by atoms with van der Waals surface area (Å²) < 4.78 is 25.1. The summed E-state index contributed by atoms with van der Waals surface area (Å²) in [5.74, 6) is -1.24. The zero-order chi connectivity index (χ0) is 22.2. The zero-order valence-electron chi connectivity index (χ0n) is 17.0. The molecule has 2 aliphatic heterocycles. The van der Waals surface area contributed by atoms with Crippen molar-refractivity contribution < 1.29 is 18.0 Å². The molecule has 0 aromatic heterocycles. The Bertz CT molecular complexity index is 1110. The lowest BCUT2D eigenvalue weighted by molar-refractivity contribution is -0.116. The summed E-state index contributed by atoms with van der Waals surface area (Å²) in [5.41, 5.74) is 1.92. The first-order chi connectivity index (χ1) is 14.7. The number of hydrogen-bond acceptors (Lipinski definition) is 6. The van der Waals surface area contributed by atoms with Gasteiger partial charge in [0.05, 0.1) is 16.5 Å². The van der Waals surface area contributed by atoms with Gasteiger partial charge in [0.1, 0.15) is 0 Å². The van der Waals surface area contributed by atoms with Crippen LogP contribution in [0.2, 0.25) is 5.02 Å². The topological polar surface area (TPSA) is 90.0 Å². The molecule has 4 rings (SSSR count). The van der Waals surface area contributed by atoms with Gasteiger partial charge in [-0.2, -0.15) is 0 Å². The molecule has 8 nitrogen and oxygen atoms in total. The molecule has 2 heterocycles. The predicted molar refractivity (Wildman–Crippen MR) is 121 cm³/mol. The molecule has 2 fully saturated rings. The Balaban J connectivity index is 1.50. The van der Waals surface area contributed by atoms with Crippen molar-refractivity contribution in [2.24, 2.45) is 0 Å². The molecule has 2 aliphatic rings. The van der Waals surface area contributed by atoms with Gasteiger partial charge in [-0.1, -0.05) is 11.6 Å². The van der Waals surface area contributed by atoms with Crippen LogP contribution in [0.25, 0.3) is 0 Å². The first-order valence-electron chi connectivity index (χ1n) is 9.95. The number of halogens is 1. The van der Waals surface area contributed by atoms with E-state index in [1.807, 2.05) is 24.3 Å². The molecule has 0 radical (unpaired) electrons. The van der Waals surface area contributed by atoms with Crippen LogP contribution in [0.1, 0.15) is 16.8 Å². The molecule has 10 heteroatoms. The fourth-order valence-corrected chi connectivity index (χ4v) is 5.40. The second-order valence-electron chi connectivity index (χ2n) is 7.68. The van der Waals surface area contributed by atoms with E-state index in [2.05, 4.69) is 22.2 Å². The maximum absolute atomic E-state index is 12.7. The molecule has 0 aliphatic carbocycles. The average molecular weight is 463 g/mol. The van der Waals surface area contributed by atoms with E-state index >= 15 is 0 Å². The smallest absolute Gasteiger partial charge is 0.255 e. The highest BCUT2D eigenvalue weighted by Gasteiger charge is 2.37. The van der Waals surface area contributed by atoms with Crippen molar-refractivity contribution in [1.29, 1.82) is 0 Å². The summed E-state index contributed by atoms with van der Waals surface area (Å²) in [6, 6.07) is 11.8. The van der Waals surface area contributed by atoms with Crippen LogP contribution in [0.3, 0.4) is 0 Å². The fraction of sp³-hybridized carbons (Fsp3) is 0.333. The van der Waals surface area contributed by atoms with Crippen LogP contribution in [0.15, 0.2) is 42.5 Å². The number of nitrogens with one attached hydrogen (secondary N) is 1. The second kappa shape index (κ2) is 8.49. The Labute approximate surface area is 186 Å². The highest BCUT2D eigenvalue weighted by atomic mass is 35.5. The van der Waals surface area contributed by atoms with Crippen LogP contribution in [-0.2, 0) is 14.8 Å². The Kier molecular flexibility index (Phi) is 5.92. The van der Waals surface area contributed by atoms with E-state index in [9.17, 15) is 18.0 Å². The number of benzene rings is 2. The van der Waals surface area contributed by atoms with Crippen LogP contribution >= 0.6 is 11.6 Å². The zero-order valence-corrected chi connectivity index (χ0v) is 18.6. The number of anilines is 3.